The molecule has 35 heavy (non-hydrogen) atoms. The van der Waals surface area contributed by atoms with Gasteiger partial charge in [-0.3, -0.25) is 4.79 Å². The zero-order valence-electron chi connectivity index (χ0n) is 20.2. The van der Waals surface area contributed by atoms with Crippen LogP contribution in [-0.2, 0) is 6.42 Å². The number of aliphatic hydroxyl groups is 1. The smallest absolute Gasteiger partial charge is 0.251 e. The van der Waals surface area contributed by atoms with Gasteiger partial charge in [0.25, 0.3) is 5.91 Å². The topological polar surface area (TPSA) is 75.9 Å². The molecule has 2 aromatic heterocycles. The molecule has 2 heterocycles. The van der Waals surface area contributed by atoms with E-state index < -0.39 is 0 Å². The molecule has 4 rings (SSSR count). The molecule has 0 unspecified atom stereocenters. The minimum atomic E-state index is -0.238. The molecular formula is C28H30ClN3O3. The van der Waals surface area contributed by atoms with Gasteiger partial charge in [-0.1, -0.05) is 41.9 Å². The number of aryl methyl sites for hydroxylation is 1. The molecule has 7 heteroatoms. The van der Waals surface area contributed by atoms with Crippen molar-refractivity contribution in [1.82, 2.24) is 14.7 Å². The molecule has 0 aliphatic rings. The summed E-state index contributed by atoms with van der Waals surface area (Å²) in [5.74, 6) is 0.309. The number of carbonyl (C=O) groups excluding carboxylic acids is 1. The first-order valence-electron chi connectivity index (χ1n) is 11.8. The van der Waals surface area contributed by atoms with E-state index in [-0.39, 0.29) is 24.7 Å². The number of nitrogens with one attached hydrogen (secondary N) is 1. The number of hydrogen-bond acceptors (Lipinski definition) is 4. The Labute approximate surface area is 210 Å². The van der Waals surface area contributed by atoms with E-state index in [0.717, 1.165) is 28.0 Å². The third kappa shape index (κ3) is 6.02. The first-order chi connectivity index (χ1) is 16.8. The van der Waals surface area contributed by atoms with Crippen LogP contribution in [-0.4, -0.2) is 39.2 Å². The van der Waals surface area contributed by atoms with E-state index in [2.05, 4.69) is 5.32 Å². The van der Waals surface area contributed by atoms with Crippen LogP contribution in [0.25, 0.3) is 16.9 Å². The second-order valence-electron chi connectivity index (χ2n) is 8.94. The van der Waals surface area contributed by atoms with Crippen molar-refractivity contribution >= 4 is 23.2 Å². The second kappa shape index (κ2) is 10.9. The Balaban J connectivity index is 1.44. The first kappa shape index (κ1) is 24.8. The van der Waals surface area contributed by atoms with E-state index in [1.54, 1.807) is 18.2 Å². The number of nitrogens with zero attached hydrogens (tertiary/aromatic N) is 2. The summed E-state index contributed by atoms with van der Waals surface area (Å²) in [4.78, 5) is 17.6. The summed E-state index contributed by atoms with van der Waals surface area (Å²) in [7, 11) is 0. The zero-order chi connectivity index (χ0) is 24.9. The Bertz CT molecular complexity index is 1320. The maximum atomic E-state index is 12.9. The van der Waals surface area contributed by atoms with Crippen molar-refractivity contribution < 1.29 is 14.6 Å². The van der Waals surface area contributed by atoms with Crippen LogP contribution in [0, 0.1) is 6.92 Å². The van der Waals surface area contributed by atoms with E-state index in [4.69, 9.17) is 21.3 Å². The third-order valence-corrected chi connectivity index (χ3v) is 6.07. The number of fused-ring (bicyclic) bond motifs is 1. The molecule has 0 saturated carbocycles. The van der Waals surface area contributed by atoms with Gasteiger partial charge in [0.2, 0.25) is 0 Å². The molecule has 2 aromatic carbocycles. The number of carbonyl (C=O) groups is 1. The quantitative estimate of drug-likeness (QED) is 0.325. The van der Waals surface area contributed by atoms with Crippen LogP contribution in [0.3, 0.4) is 0 Å². The molecule has 1 atom stereocenters. The van der Waals surface area contributed by atoms with Crippen molar-refractivity contribution in [3.05, 3.63) is 88.7 Å². The maximum absolute atomic E-state index is 12.9. The van der Waals surface area contributed by atoms with Crippen LogP contribution in [0.15, 0.2) is 67.0 Å². The number of ether oxygens (including phenoxy) is 1. The summed E-state index contributed by atoms with van der Waals surface area (Å²) in [6, 6.07) is 17.0. The maximum Gasteiger partial charge on any atom is 0.251 e. The van der Waals surface area contributed by atoms with Gasteiger partial charge in [-0.15, -0.1) is 0 Å². The Morgan fingerprint density at radius 2 is 1.94 bits per heavy atom. The number of aliphatic hydroxyl groups excluding tert-OH is 1. The highest BCUT2D eigenvalue weighted by molar-refractivity contribution is 6.32. The van der Waals surface area contributed by atoms with Gasteiger partial charge in [0.05, 0.1) is 16.8 Å². The Kier molecular flexibility index (Phi) is 7.73. The lowest BCUT2D eigenvalue weighted by molar-refractivity contribution is 0.0930. The average molecular weight is 492 g/mol. The minimum Gasteiger partial charge on any atom is -0.489 e. The first-order valence-corrected chi connectivity index (χ1v) is 12.1. The zero-order valence-corrected chi connectivity index (χ0v) is 20.9. The van der Waals surface area contributed by atoms with Crippen molar-refractivity contribution in [2.75, 3.05) is 6.61 Å². The lowest BCUT2D eigenvalue weighted by Gasteiger charge is -2.19. The molecule has 182 valence electrons. The number of hydrogen-bond donors (Lipinski definition) is 2. The number of pyridine rings is 1. The standard InChI is InChI=1S/C28H30ClN3O3/c1-18(2)35-26-11-10-22(16-24(26)29)28(34)30-23(12-14-33)15-20-6-8-21(9-7-20)25-17-32-13-4-5-19(3)27(32)31-25/h4-11,13,16-18,23,33H,12,14-15H2,1-3H3,(H,30,34)/t23-/m1/s1. The van der Waals surface area contributed by atoms with E-state index in [1.165, 1.54) is 0 Å². The Morgan fingerprint density at radius 1 is 1.17 bits per heavy atom. The van der Waals surface area contributed by atoms with Gasteiger partial charge in [0.1, 0.15) is 11.4 Å². The van der Waals surface area contributed by atoms with Gasteiger partial charge in [0, 0.05) is 36.2 Å². The molecular weight excluding hydrogens is 462 g/mol. The van der Waals surface area contributed by atoms with Crippen LogP contribution >= 0.6 is 11.6 Å². The summed E-state index contributed by atoms with van der Waals surface area (Å²) in [5.41, 5.74) is 5.52. The van der Waals surface area contributed by atoms with Gasteiger partial charge in [-0.2, -0.15) is 0 Å². The number of amides is 1. The van der Waals surface area contributed by atoms with E-state index in [0.29, 0.717) is 29.2 Å². The molecule has 1 amide bonds. The van der Waals surface area contributed by atoms with Crippen LogP contribution in [0.4, 0.5) is 0 Å². The normalized spacial score (nSPS) is 12.2. The summed E-state index contributed by atoms with van der Waals surface area (Å²) in [6.07, 6.45) is 5.05. The van der Waals surface area contributed by atoms with Crippen molar-refractivity contribution in [3.8, 4) is 17.0 Å². The molecule has 6 nitrogen and oxygen atoms in total. The van der Waals surface area contributed by atoms with Gasteiger partial charge < -0.3 is 19.6 Å². The van der Waals surface area contributed by atoms with Crippen LogP contribution in [0.5, 0.6) is 5.75 Å². The second-order valence-corrected chi connectivity index (χ2v) is 9.35. The number of aromatic nitrogens is 2. The molecule has 0 radical (unpaired) electrons. The lowest BCUT2D eigenvalue weighted by Crippen LogP contribution is -2.37. The summed E-state index contributed by atoms with van der Waals surface area (Å²) in [6.45, 7) is 5.86. The van der Waals surface area contributed by atoms with Gasteiger partial charge in [-0.25, -0.2) is 4.98 Å². The molecule has 2 N–H and O–H groups in total. The van der Waals surface area contributed by atoms with E-state index in [1.807, 2.05) is 74.0 Å². The lowest BCUT2D eigenvalue weighted by atomic mass is 10.0. The minimum absolute atomic E-state index is 0.00989. The predicted molar refractivity (Wildman–Crippen MR) is 139 cm³/mol. The molecule has 4 aromatic rings. The van der Waals surface area contributed by atoms with E-state index >= 15 is 0 Å². The molecule has 0 bridgehead atoms. The Hall–Kier alpha value is -3.35. The largest absolute Gasteiger partial charge is 0.489 e. The fourth-order valence-electron chi connectivity index (χ4n) is 4.03. The highest BCUT2D eigenvalue weighted by Crippen LogP contribution is 2.27. The number of imidazole rings is 1. The van der Waals surface area contributed by atoms with Crippen molar-refractivity contribution in [1.29, 1.82) is 0 Å². The average Bonchev–Trinajstić information content (AvgIpc) is 3.26. The number of halogens is 1. The monoisotopic (exact) mass is 491 g/mol. The van der Waals surface area contributed by atoms with Crippen LogP contribution in [0.2, 0.25) is 5.02 Å². The van der Waals surface area contributed by atoms with Gasteiger partial charge >= 0.3 is 0 Å². The fraction of sp³-hybridized carbons (Fsp3) is 0.286. The summed E-state index contributed by atoms with van der Waals surface area (Å²) >= 11 is 6.29. The number of benzene rings is 2. The van der Waals surface area contributed by atoms with Crippen LogP contribution < -0.4 is 10.1 Å². The molecule has 0 saturated heterocycles. The van der Waals surface area contributed by atoms with Crippen molar-refractivity contribution in [3.63, 3.8) is 0 Å². The fourth-order valence-corrected chi connectivity index (χ4v) is 4.26. The molecule has 0 fully saturated rings. The van der Waals surface area contributed by atoms with Crippen LogP contribution in [0.1, 0.15) is 41.8 Å². The molecule has 0 aliphatic carbocycles. The highest BCUT2D eigenvalue weighted by atomic mass is 35.5. The van der Waals surface area contributed by atoms with Crippen molar-refractivity contribution in [2.24, 2.45) is 0 Å². The SMILES string of the molecule is Cc1cccn2cc(-c3ccc(C[C@@H](CCO)NC(=O)c4ccc(OC(C)C)c(Cl)c4)cc3)nc12. The third-order valence-electron chi connectivity index (χ3n) is 5.78. The summed E-state index contributed by atoms with van der Waals surface area (Å²) in [5, 5.41) is 13.0. The van der Waals surface area contributed by atoms with E-state index in [9.17, 15) is 9.90 Å². The predicted octanol–water partition coefficient (Wildman–Crippen LogP) is 5.47. The van der Waals surface area contributed by atoms with Gasteiger partial charge in [0.15, 0.2) is 0 Å². The van der Waals surface area contributed by atoms with Crippen molar-refractivity contribution in [2.45, 2.75) is 45.8 Å². The summed E-state index contributed by atoms with van der Waals surface area (Å²) < 4.78 is 7.67. The molecule has 0 aliphatic heterocycles. The highest BCUT2D eigenvalue weighted by Gasteiger charge is 2.16. The number of rotatable bonds is 9. The Morgan fingerprint density at radius 3 is 2.60 bits per heavy atom. The van der Waals surface area contributed by atoms with Gasteiger partial charge in [-0.05, 0) is 69.0 Å². The molecule has 0 spiro atoms.